The summed E-state index contributed by atoms with van der Waals surface area (Å²) in [4.78, 5) is 14.5. The van der Waals surface area contributed by atoms with Crippen molar-refractivity contribution in [2.75, 3.05) is 17.6 Å². The molecule has 0 aliphatic rings. The van der Waals surface area contributed by atoms with Crippen molar-refractivity contribution in [1.82, 2.24) is 44.8 Å². The Kier molecular flexibility index (Phi) is 4.71. The number of hydrogen-bond donors (Lipinski definition) is 2. The summed E-state index contributed by atoms with van der Waals surface area (Å²) in [6, 6.07) is 11.6. The Hall–Kier alpha value is -4.35. The molecule has 0 bridgehead atoms. The van der Waals surface area contributed by atoms with Crippen LogP contribution in [0.15, 0.2) is 47.1 Å². The van der Waals surface area contributed by atoms with Gasteiger partial charge in [0.05, 0.1) is 12.8 Å². The smallest absolute Gasteiger partial charge is 0.259 e. The molecule has 5 rings (SSSR count). The number of nitrogens with one attached hydrogen (secondary N) is 1. The fourth-order valence-electron chi connectivity index (χ4n) is 3.03. The molecule has 0 amide bonds. The summed E-state index contributed by atoms with van der Waals surface area (Å²) < 4.78 is 6.70. The van der Waals surface area contributed by atoms with E-state index in [4.69, 9.17) is 10.2 Å². The van der Waals surface area contributed by atoms with Gasteiger partial charge in [-0.2, -0.15) is 24.3 Å². The van der Waals surface area contributed by atoms with Crippen LogP contribution in [0.4, 0.5) is 11.9 Å². The summed E-state index contributed by atoms with van der Waals surface area (Å²) in [5.74, 6) is 2.48. The van der Waals surface area contributed by atoms with Crippen molar-refractivity contribution in [2.45, 2.75) is 19.9 Å². The first-order valence-electron chi connectivity index (χ1n) is 9.75. The lowest BCUT2D eigenvalue weighted by atomic mass is 10.1. The summed E-state index contributed by atoms with van der Waals surface area (Å²) in [5, 5.41) is 19.8. The van der Waals surface area contributed by atoms with E-state index in [2.05, 4.69) is 40.8 Å². The van der Waals surface area contributed by atoms with E-state index in [0.717, 1.165) is 17.5 Å². The third kappa shape index (κ3) is 3.77. The second-order valence-corrected chi connectivity index (χ2v) is 6.71. The molecule has 3 N–H and O–H groups in total. The SMILES string of the molecule is CCn1nnc(-c2ccc(CCNc3nc(N)n4nc(-c5ccco5)nc4n3)cc2)n1. The Morgan fingerprint density at radius 3 is 2.65 bits per heavy atom. The van der Waals surface area contributed by atoms with E-state index in [1.807, 2.05) is 31.2 Å². The van der Waals surface area contributed by atoms with Crippen molar-refractivity contribution in [2.24, 2.45) is 0 Å². The summed E-state index contributed by atoms with van der Waals surface area (Å²) in [5.41, 5.74) is 8.09. The molecule has 0 saturated carbocycles. The van der Waals surface area contributed by atoms with Crippen LogP contribution in [0.3, 0.4) is 0 Å². The van der Waals surface area contributed by atoms with Crippen molar-refractivity contribution in [3.8, 4) is 23.0 Å². The van der Waals surface area contributed by atoms with Crippen molar-refractivity contribution >= 4 is 17.7 Å². The number of tetrazole rings is 1. The van der Waals surface area contributed by atoms with E-state index in [9.17, 15) is 0 Å². The Morgan fingerprint density at radius 1 is 1.03 bits per heavy atom. The summed E-state index contributed by atoms with van der Waals surface area (Å²) in [6.45, 7) is 3.28. The normalized spacial score (nSPS) is 11.3. The number of anilines is 2. The number of aromatic nitrogens is 9. The van der Waals surface area contributed by atoms with Crippen LogP contribution in [0.1, 0.15) is 12.5 Å². The van der Waals surface area contributed by atoms with Gasteiger partial charge in [-0.25, -0.2) is 0 Å². The number of furan rings is 1. The average Bonchev–Trinajstić information content (AvgIpc) is 3.54. The van der Waals surface area contributed by atoms with E-state index in [1.165, 1.54) is 4.52 Å². The first kappa shape index (κ1) is 18.7. The molecule has 0 saturated heterocycles. The Labute approximate surface area is 176 Å². The zero-order valence-electron chi connectivity index (χ0n) is 16.7. The second-order valence-electron chi connectivity index (χ2n) is 6.71. The number of nitrogen functional groups attached to an aromatic ring is 1. The molecule has 156 valence electrons. The predicted molar refractivity (Wildman–Crippen MR) is 112 cm³/mol. The molecule has 0 atom stereocenters. The maximum Gasteiger partial charge on any atom is 0.259 e. The molecule has 1 aromatic carbocycles. The van der Waals surface area contributed by atoms with E-state index in [1.54, 1.807) is 23.2 Å². The van der Waals surface area contributed by atoms with Gasteiger partial charge in [0.25, 0.3) is 5.78 Å². The fraction of sp³-hybridized carbons (Fsp3) is 0.211. The lowest BCUT2D eigenvalue weighted by molar-refractivity contribution is 0.553. The quantitative estimate of drug-likeness (QED) is 0.400. The van der Waals surface area contributed by atoms with Crippen LogP contribution in [0.5, 0.6) is 0 Å². The van der Waals surface area contributed by atoms with Gasteiger partial charge in [0.1, 0.15) is 0 Å². The number of aryl methyl sites for hydroxylation is 1. The van der Waals surface area contributed by atoms with Crippen molar-refractivity contribution in [3.05, 3.63) is 48.2 Å². The predicted octanol–water partition coefficient (Wildman–Crippen LogP) is 1.69. The highest BCUT2D eigenvalue weighted by atomic mass is 16.3. The van der Waals surface area contributed by atoms with Gasteiger partial charge < -0.3 is 15.5 Å². The third-order valence-electron chi connectivity index (χ3n) is 4.62. The molecule has 0 radical (unpaired) electrons. The molecule has 12 heteroatoms. The van der Waals surface area contributed by atoms with E-state index in [0.29, 0.717) is 42.2 Å². The first-order valence-corrected chi connectivity index (χ1v) is 9.75. The maximum atomic E-state index is 6.01. The summed E-state index contributed by atoms with van der Waals surface area (Å²) >= 11 is 0. The lowest BCUT2D eigenvalue weighted by Gasteiger charge is -2.06. The maximum absolute atomic E-state index is 6.01. The molecule has 5 aromatic rings. The van der Waals surface area contributed by atoms with Crippen LogP contribution in [0, 0.1) is 0 Å². The molecule has 0 fully saturated rings. The van der Waals surface area contributed by atoms with Gasteiger partial charge in [-0.05, 0) is 36.3 Å². The minimum atomic E-state index is 0.190. The van der Waals surface area contributed by atoms with Gasteiger partial charge in [-0.1, -0.05) is 24.3 Å². The van der Waals surface area contributed by atoms with Crippen LogP contribution in [0.25, 0.3) is 28.8 Å². The van der Waals surface area contributed by atoms with Gasteiger partial charge in [0.2, 0.25) is 23.5 Å². The van der Waals surface area contributed by atoms with Gasteiger partial charge in [-0.15, -0.1) is 15.3 Å². The molecular formula is C19H19N11O. The van der Waals surface area contributed by atoms with Crippen molar-refractivity contribution < 1.29 is 4.42 Å². The highest BCUT2D eigenvalue weighted by molar-refractivity contribution is 5.54. The van der Waals surface area contributed by atoms with Crippen LogP contribution in [0.2, 0.25) is 0 Å². The standard InChI is InChI=1S/C19H19N11O/c1-2-29-26-15(25-28-29)13-7-5-12(6-8-13)9-10-21-18-23-17(20)30-19(24-18)22-16(27-30)14-4-3-11-31-14/h3-8,11H,2,9-10H2,1H3,(H3,20,21,22,23,24,27). The summed E-state index contributed by atoms with van der Waals surface area (Å²) in [6.07, 6.45) is 2.33. The molecule has 31 heavy (non-hydrogen) atoms. The first-order chi connectivity index (χ1) is 15.2. The van der Waals surface area contributed by atoms with Crippen molar-refractivity contribution in [1.29, 1.82) is 0 Å². The van der Waals surface area contributed by atoms with Crippen LogP contribution < -0.4 is 11.1 Å². The molecule has 12 nitrogen and oxygen atoms in total. The fourth-order valence-corrected chi connectivity index (χ4v) is 3.03. The van der Waals surface area contributed by atoms with Gasteiger partial charge in [-0.3, -0.25) is 0 Å². The Morgan fingerprint density at radius 2 is 1.90 bits per heavy atom. The average molecular weight is 417 g/mol. The van der Waals surface area contributed by atoms with Gasteiger partial charge in [0, 0.05) is 12.1 Å². The minimum absolute atomic E-state index is 0.190. The molecule has 4 heterocycles. The zero-order chi connectivity index (χ0) is 21.2. The van der Waals surface area contributed by atoms with E-state index in [-0.39, 0.29) is 5.95 Å². The topological polar surface area (TPSA) is 151 Å². The molecule has 0 aliphatic carbocycles. The largest absolute Gasteiger partial charge is 0.461 e. The van der Waals surface area contributed by atoms with Crippen molar-refractivity contribution in [3.63, 3.8) is 0 Å². The summed E-state index contributed by atoms with van der Waals surface area (Å²) in [7, 11) is 0. The van der Waals surface area contributed by atoms with Crippen LogP contribution >= 0.6 is 0 Å². The highest BCUT2D eigenvalue weighted by Gasteiger charge is 2.13. The number of fused-ring (bicyclic) bond motifs is 1. The molecule has 4 aromatic heterocycles. The van der Waals surface area contributed by atoms with Crippen LogP contribution in [-0.2, 0) is 13.0 Å². The third-order valence-corrected chi connectivity index (χ3v) is 4.62. The monoisotopic (exact) mass is 417 g/mol. The van der Waals surface area contributed by atoms with Gasteiger partial charge >= 0.3 is 0 Å². The molecule has 0 unspecified atom stereocenters. The van der Waals surface area contributed by atoms with Crippen LogP contribution in [-0.4, -0.2) is 51.3 Å². The molecule has 0 aliphatic heterocycles. The molecule has 0 spiro atoms. The number of hydrogen-bond acceptors (Lipinski definition) is 10. The lowest BCUT2D eigenvalue weighted by Crippen LogP contribution is -2.12. The Balaban J connectivity index is 1.24. The highest BCUT2D eigenvalue weighted by Crippen LogP contribution is 2.18. The second kappa shape index (κ2) is 7.82. The Bertz CT molecular complexity index is 1300. The van der Waals surface area contributed by atoms with E-state index < -0.39 is 0 Å². The number of rotatable bonds is 7. The number of nitrogens with two attached hydrogens (primary N) is 1. The number of nitrogens with zero attached hydrogens (tertiary/aromatic N) is 9. The molecular weight excluding hydrogens is 398 g/mol. The zero-order valence-corrected chi connectivity index (χ0v) is 16.7. The minimum Gasteiger partial charge on any atom is -0.461 e. The van der Waals surface area contributed by atoms with Gasteiger partial charge in [0.15, 0.2) is 5.76 Å². The van der Waals surface area contributed by atoms with E-state index >= 15 is 0 Å². The number of benzene rings is 1.